The predicted octanol–water partition coefficient (Wildman–Crippen LogP) is 16.8. The molecule has 0 spiro atoms. The Labute approximate surface area is 400 Å². The molecule has 4 aromatic heterocycles. The number of rotatable bonds is 4. The minimum absolute atomic E-state index is 0.437. The maximum Gasteiger partial charge on any atom is 0.212 e. The first kappa shape index (κ1) is 38.2. The van der Waals surface area contributed by atoms with Crippen molar-refractivity contribution in [1.82, 2.24) is 18.3 Å². The number of benzene rings is 11. The van der Waals surface area contributed by atoms with Crippen molar-refractivity contribution in [1.29, 1.82) is 5.26 Å². The zero-order valence-electron chi connectivity index (χ0n) is 37.5. The number of fused-ring (bicyclic) bond motifs is 18. The van der Waals surface area contributed by atoms with Crippen LogP contribution in [0.25, 0.3) is 136 Å². The van der Waals surface area contributed by atoms with Gasteiger partial charge in [-0.1, -0.05) is 158 Å². The van der Waals surface area contributed by atoms with Gasteiger partial charge in [0.05, 0.1) is 67.6 Å². The quantitative estimate of drug-likeness (QED) is 0.162. The van der Waals surface area contributed by atoms with Crippen molar-refractivity contribution in [3.8, 4) is 28.8 Å². The van der Waals surface area contributed by atoms with E-state index in [1.165, 1.54) is 0 Å². The Morgan fingerprint density at radius 2 is 0.757 bits per heavy atom. The number of nitrogens with zero attached hydrogens (tertiary/aromatic N) is 6. The third-order valence-electron chi connectivity index (χ3n) is 14.7. The Morgan fingerprint density at radius 1 is 0.343 bits per heavy atom. The van der Waals surface area contributed by atoms with Gasteiger partial charge in [-0.2, -0.15) is 5.26 Å². The van der Waals surface area contributed by atoms with Gasteiger partial charge in [0.1, 0.15) is 6.07 Å². The summed E-state index contributed by atoms with van der Waals surface area (Å²) in [6.45, 7) is 9.11. The lowest BCUT2D eigenvalue weighted by Gasteiger charge is -2.17. The van der Waals surface area contributed by atoms with Gasteiger partial charge in [0.2, 0.25) is 5.69 Å². The molecule has 6 heteroatoms. The van der Waals surface area contributed by atoms with Crippen molar-refractivity contribution < 1.29 is 0 Å². The summed E-state index contributed by atoms with van der Waals surface area (Å²) < 4.78 is 9.25. The Morgan fingerprint density at radius 3 is 1.24 bits per heavy atom. The van der Waals surface area contributed by atoms with Gasteiger partial charge in [-0.25, -0.2) is 4.85 Å². The number of hydrogen-bond acceptors (Lipinski definition) is 1. The maximum atomic E-state index is 11.6. The van der Waals surface area contributed by atoms with Gasteiger partial charge in [0.25, 0.3) is 0 Å². The highest BCUT2D eigenvalue weighted by Gasteiger charge is 2.27. The zero-order chi connectivity index (χ0) is 46.2. The molecule has 0 radical (unpaired) electrons. The highest BCUT2D eigenvalue weighted by Crippen LogP contribution is 2.48. The van der Waals surface area contributed by atoms with Gasteiger partial charge in [-0.05, 0) is 82.2 Å². The molecule has 0 N–H and O–H groups in total. The SMILES string of the molecule is [C-]#[N+]c1cc(-n2c3ccc4ccccc4c3c3ccc4c5ccccc5n(-c5ccccc5)c4c32)c(C#N)cc1-n1c2ccc3ccccc3c2c2ccc3c4ccccc4n(-c4ccccc4)c3c21. The molecular weight excluding hydrogens is 853 g/mol. The molecule has 0 fully saturated rings. The molecule has 15 rings (SSSR count). The van der Waals surface area contributed by atoms with Crippen LogP contribution in [0.15, 0.2) is 218 Å². The van der Waals surface area contributed by atoms with Crippen LogP contribution in [-0.4, -0.2) is 18.3 Å². The van der Waals surface area contributed by atoms with Gasteiger partial charge >= 0.3 is 0 Å². The van der Waals surface area contributed by atoms with Crippen LogP contribution in [0.1, 0.15) is 5.56 Å². The molecule has 0 atom stereocenters. The van der Waals surface area contributed by atoms with E-state index in [1.54, 1.807) is 0 Å². The van der Waals surface area contributed by atoms with Crippen molar-refractivity contribution in [2.75, 3.05) is 0 Å². The summed E-state index contributed by atoms with van der Waals surface area (Å²) in [6.07, 6.45) is 0. The van der Waals surface area contributed by atoms with Crippen LogP contribution in [-0.2, 0) is 0 Å². The summed E-state index contributed by atoms with van der Waals surface area (Å²) in [5.41, 5.74) is 12.4. The lowest BCUT2D eigenvalue weighted by Crippen LogP contribution is -2.03. The Bertz CT molecular complexity index is 4530. The highest BCUT2D eigenvalue weighted by atomic mass is 15.1. The minimum Gasteiger partial charge on any atom is -0.317 e. The molecule has 4 heterocycles. The van der Waals surface area contributed by atoms with Gasteiger partial charge in [0.15, 0.2) is 0 Å². The molecular formula is C64H36N6. The summed E-state index contributed by atoms with van der Waals surface area (Å²) in [4.78, 5) is 4.42. The first-order valence-corrected chi connectivity index (χ1v) is 23.5. The van der Waals surface area contributed by atoms with Crippen LogP contribution >= 0.6 is 0 Å². The maximum absolute atomic E-state index is 11.6. The first-order chi connectivity index (χ1) is 34.7. The summed E-state index contributed by atoms with van der Waals surface area (Å²) in [6, 6.07) is 79.6. The van der Waals surface area contributed by atoms with E-state index in [0.29, 0.717) is 22.6 Å². The van der Waals surface area contributed by atoms with Crippen molar-refractivity contribution in [3.63, 3.8) is 0 Å². The molecule has 0 saturated carbocycles. The molecule has 15 aromatic rings. The lowest BCUT2D eigenvalue weighted by atomic mass is 10.0. The molecule has 0 unspecified atom stereocenters. The molecule has 0 aliphatic heterocycles. The number of para-hydroxylation sites is 4. The van der Waals surface area contributed by atoms with E-state index in [0.717, 1.165) is 120 Å². The van der Waals surface area contributed by atoms with Crippen LogP contribution in [0.5, 0.6) is 0 Å². The molecule has 0 saturated heterocycles. The molecule has 322 valence electrons. The Kier molecular flexibility index (Phi) is 7.82. The van der Waals surface area contributed by atoms with Gasteiger partial charge < -0.3 is 18.3 Å². The van der Waals surface area contributed by atoms with Crippen LogP contribution in [0, 0.1) is 17.9 Å². The van der Waals surface area contributed by atoms with Crippen LogP contribution in [0.4, 0.5) is 5.69 Å². The average Bonchev–Trinajstić information content (AvgIpc) is 4.16. The predicted molar refractivity (Wildman–Crippen MR) is 290 cm³/mol. The van der Waals surface area contributed by atoms with E-state index in [2.05, 4.69) is 235 Å². The second-order valence-electron chi connectivity index (χ2n) is 18.2. The largest absolute Gasteiger partial charge is 0.317 e. The second-order valence-corrected chi connectivity index (χ2v) is 18.2. The molecule has 6 nitrogen and oxygen atoms in total. The third kappa shape index (κ3) is 5.03. The van der Waals surface area contributed by atoms with E-state index in [-0.39, 0.29) is 0 Å². The second kappa shape index (κ2) is 14.3. The smallest absolute Gasteiger partial charge is 0.212 e. The minimum atomic E-state index is 0.437. The standard InChI is InChI=1S/C64H36N6/c1-66-52-37-57(69-55-34-28-39-16-8-10-22-44(39)59(55)50-32-30-48-46-24-12-14-26-53(46)67(61(48)63(50)69)42-18-4-2-5-19-42)41(38-65)36-58(52)70-56-35-29-40-17-9-11-23-45(40)60(56)51-33-31-49-47-25-13-15-27-54(47)68(62(49)64(51)70)43-20-6-3-7-21-43/h2-37H. The van der Waals surface area contributed by atoms with Gasteiger partial charge in [-0.3, -0.25) is 0 Å². The number of nitriles is 1. The third-order valence-corrected chi connectivity index (χ3v) is 14.7. The van der Waals surface area contributed by atoms with Crippen LogP contribution < -0.4 is 0 Å². The number of hydrogen-bond donors (Lipinski definition) is 0. The molecule has 0 aliphatic carbocycles. The van der Waals surface area contributed by atoms with E-state index in [1.807, 2.05) is 12.1 Å². The normalized spacial score (nSPS) is 12.0. The fourth-order valence-electron chi connectivity index (χ4n) is 11.9. The van der Waals surface area contributed by atoms with E-state index in [9.17, 15) is 5.26 Å². The summed E-state index contributed by atoms with van der Waals surface area (Å²) >= 11 is 0. The van der Waals surface area contributed by atoms with E-state index >= 15 is 0 Å². The molecule has 0 aliphatic rings. The summed E-state index contributed by atoms with van der Waals surface area (Å²) in [5.74, 6) is 0. The van der Waals surface area contributed by atoms with Crippen molar-refractivity contribution >= 4 is 114 Å². The van der Waals surface area contributed by atoms with Crippen molar-refractivity contribution in [3.05, 3.63) is 235 Å². The first-order valence-electron chi connectivity index (χ1n) is 23.5. The van der Waals surface area contributed by atoms with E-state index < -0.39 is 0 Å². The van der Waals surface area contributed by atoms with Crippen LogP contribution in [0.3, 0.4) is 0 Å². The van der Waals surface area contributed by atoms with E-state index in [4.69, 9.17) is 6.57 Å². The van der Waals surface area contributed by atoms with Gasteiger partial charge in [-0.15, -0.1) is 0 Å². The van der Waals surface area contributed by atoms with Crippen molar-refractivity contribution in [2.24, 2.45) is 0 Å². The van der Waals surface area contributed by atoms with Gasteiger partial charge in [0, 0.05) is 54.5 Å². The molecule has 11 aromatic carbocycles. The molecule has 0 amide bonds. The Balaban J connectivity index is 1.12. The molecule has 70 heavy (non-hydrogen) atoms. The highest BCUT2D eigenvalue weighted by molar-refractivity contribution is 6.30. The van der Waals surface area contributed by atoms with Crippen molar-refractivity contribution in [2.45, 2.75) is 0 Å². The van der Waals surface area contributed by atoms with Crippen LogP contribution in [0.2, 0.25) is 0 Å². The summed E-state index contributed by atoms with van der Waals surface area (Å²) in [5, 5.41) is 25.0. The fourth-order valence-corrected chi connectivity index (χ4v) is 11.9. The lowest BCUT2D eigenvalue weighted by molar-refractivity contribution is 1.13. The topological polar surface area (TPSA) is 47.9 Å². The Hall–Kier alpha value is -9.88. The monoisotopic (exact) mass is 888 g/mol. The molecule has 0 bridgehead atoms. The summed E-state index contributed by atoms with van der Waals surface area (Å²) in [7, 11) is 0. The average molecular weight is 889 g/mol. The zero-order valence-corrected chi connectivity index (χ0v) is 37.5. The number of aromatic nitrogens is 4. The fraction of sp³-hybridized carbons (Fsp3) is 0.